The molecule has 0 fully saturated rings. The standard InChI is InChI=1S/C43H56O4/c1-36(2)38-28-32-40(33-29-38)46-35-21-16-14-12-10-8-6-4-3-5-7-9-11-13-15-20-24-43(45)47-41-30-25-37(26-31-41)27-34-42(44)39-22-18-17-19-23-39/h17-19,22-23,25-34H,1,3-16,20-21,24,35H2,2H3. The monoisotopic (exact) mass is 636 g/mol. The average Bonchev–Trinajstić information content (AvgIpc) is 3.09. The summed E-state index contributed by atoms with van der Waals surface area (Å²) < 4.78 is 11.3. The van der Waals surface area contributed by atoms with Crippen LogP contribution in [0.3, 0.4) is 0 Å². The van der Waals surface area contributed by atoms with Gasteiger partial charge in [-0.2, -0.15) is 0 Å². The molecule has 252 valence electrons. The second-order valence-corrected chi connectivity index (χ2v) is 12.7. The van der Waals surface area contributed by atoms with Crippen LogP contribution < -0.4 is 9.47 Å². The van der Waals surface area contributed by atoms with Crippen LogP contribution in [0.5, 0.6) is 11.5 Å². The molecule has 47 heavy (non-hydrogen) atoms. The molecule has 3 aromatic rings. The summed E-state index contributed by atoms with van der Waals surface area (Å²) in [6, 6.07) is 24.7. The minimum Gasteiger partial charge on any atom is -0.494 e. The van der Waals surface area contributed by atoms with Gasteiger partial charge in [0.2, 0.25) is 0 Å². The van der Waals surface area contributed by atoms with E-state index in [9.17, 15) is 9.59 Å². The molecule has 0 spiro atoms. The third-order valence-electron chi connectivity index (χ3n) is 8.49. The first-order valence-electron chi connectivity index (χ1n) is 18.0. The summed E-state index contributed by atoms with van der Waals surface area (Å²) in [7, 11) is 0. The van der Waals surface area contributed by atoms with Crippen LogP contribution in [0.4, 0.5) is 0 Å². The Labute approximate surface area is 284 Å². The average molecular weight is 637 g/mol. The van der Waals surface area contributed by atoms with Crippen LogP contribution >= 0.6 is 0 Å². The van der Waals surface area contributed by atoms with Crippen molar-refractivity contribution in [3.05, 3.63) is 108 Å². The highest BCUT2D eigenvalue weighted by Gasteiger charge is 2.05. The Kier molecular flexibility index (Phi) is 18.7. The van der Waals surface area contributed by atoms with E-state index in [-0.39, 0.29) is 11.8 Å². The molecule has 3 aromatic carbocycles. The number of ether oxygens (including phenoxy) is 2. The molecule has 0 N–H and O–H groups in total. The molecule has 0 saturated carbocycles. The van der Waals surface area contributed by atoms with E-state index < -0.39 is 0 Å². The Balaban J connectivity index is 1.05. The molecule has 3 rings (SSSR count). The number of ketones is 1. The normalized spacial score (nSPS) is 11.1. The molecular weight excluding hydrogens is 580 g/mol. The molecule has 0 aromatic heterocycles. The molecule has 0 atom stereocenters. The summed E-state index contributed by atoms with van der Waals surface area (Å²) in [5, 5.41) is 0. The third-order valence-corrected chi connectivity index (χ3v) is 8.49. The second kappa shape index (κ2) is 23.4. The van der Waals surface area contributed by atoms with Crippen LogP contribution in [0.25, 0.3) is 11.6 Å². The van der Waals surface area contributed by atoms with Gasteiger partial charge in [0.1, 0.15) is 11.5 Å². The van der Waals surface area contributed by atoms with Crippen molar-refractivity contribution in [2.45, 2.75) is 116 Å². The van der Waals surface area contributed by atoms with E-state index >= 15 is 0 Å². The maximum Gasteiger partial charge on any atom is 0.311 e. The molecule has 0 radical (unpaired) electrons. The molecule has 0 heterocycles. The Morgan fingerprint density at radius 3 is 1.60 bits per heavy atom. The fourth-order valence-electron chi connectivity index (χ4n) is 5.57. The molecule has 0 saturated heterocycles. The quantitative estimate of drug-likeness (QED) is 0.0305. The Morgan fingerprint density at radius 1 is 0.574 bits per heavy atom. The Bertz CT molecular complexity index is 1320. The number of carbonyl (C=O) groups excluding carboxylic acids is 2. The maximum absolute atomic E-state index is 12.2. The number of hydrogen-bond donors (Lipinski definition) is 0. The van der Waals surface area contributed by atoms with E-state index in [2.05, 4.69) is 18.7 Å². The Hall–Kier alpha value is -3.92. The molecule has 0 unspecified atom stereocenters. The van der Waals surface area contributed by atoms with E-state index in [1.807, 2.05) is 49.4 Å². The smallest absolute Gasteiger partial charge is 0.311 e. The molecule has 0 aliphatic rings. The van der Waals surface area contributed by atoms with Gasteiger partial charge in [-0.15, -0.1) is 0 Å². The van der Waals surface area contributed by atoms with Crippen molar-refractivity contribution in [1.29, 1.82) is 0 Å². The highest BCUT2D eigenvalue weighted by atomic mass is 16.5. The van der Waals surface area contributed by atoms with Crippen LogP contribution in [-0.4, -0.2) is 18.4 Å². The van der Waals surface area contributed by atoms with Gasteiger partial charge in [-0.1, -0.05) is 163 Å². The molecule has 0 aliphatic carbocycles. The lowest BCUT2D eigenvalue weighted by Crippen LogP contribution is -2.07. The lowest BCUT2D eigenvalue weighted by Gasteiger charge is -2.07. The van der Waals surface area contributed by atoms with Crippen molar-refractivity contribution < 1.29 is 19.1 Å². The first kappa shape index (κ1) is 37.5. The van der Waals surface area contributed by atoms with E-state index in [1.165, 1.54) is 89.0 Å². The van der Waals surface area contributed by atoms with Gasteiger partial charge in [0.05, 0.1) is 6.61 Å². The fourth-order valence-corrected chi connectivity index (χ4v) is 5.57. The Morgan fingerprint density at radius 2 is 1.06 bits per heavy atom. The van der Waals surface area contributed by atoms with Crippen molar-refractivity contribution in [3.8, 4) is 11.5 Å². The van der Waals surface area contributed by atoms with Crippen molar-refractivity contribution in [2.75, 3.05) is 6.61 Å². The van der Waals surface area contributed by atoms with Gasteiger partial charge >= 0.3 is 5.97 Å². The zero-order valence-electron chi connectivity index (χ0n) is 28.7. The van der Waals surface area contributed by atoms with Crippen LogP contribution in [0, 0.1) is 0 Å². The van der Waals surface area contributed by atoms with Crippen molar-refractivity contribution in [3.63, 3.8) is 0 Å². The summed E-state index contributed by atoms with van der Waals surface area (Å²) in [5.41, 5.74) is 3.80. The van der Waals surface area contributed by atoms with Crippen molar-refractivity contribution >= 4 is 23.4 Å². The summed E-state index contributed by atoms with van der Waals surface area (Å²) in [6.07, 6.45) is 24.0. The SMILES string of the molecule is C=C(C)c1ccc(OCCCCCCCCCCCCCCCCCCC(=O)Oc2ccc(C=CC(=O)c3ccccc3)cc2)cc1. The molecule has 4 heteroatoms. The van der Waals surface area contributed by atoms with E-state index in [4.69, 9.17) is 9.47 Å². The lowest BCUT2D eigenvalue weighted by atomic mass is 10.0. The van der Waals surface area contributed by atoms with Gasteiger partial charge in [-0.3, -0.25) is 9.59 Å². The van der Waals surface area contributed by atoms with E-state index in [1.54, 1.807) is 36.4 Å². The number of hydrogen-bond acceptors (Lipinski definition) is 4. The van der Waals surface area contributed by atoms with Gasteiger partial charge in [-0.25, -0.2) is 0 Å². The predicted octanol–water partition coefficient (Wildman–Crippen LogP) is 12.2. The molecule has 0 amide bonds. The summed E-state index contributed by atoms with van der Waals surface area (Å²) in [5.74, 6) is 1.28. The highest BCUT2D eigenvalue weighted by molar-refractivity contribution is 6.06. The number of esters is 1. The summed E-state index contributed by atoms with van der Waals surface area (Å²) in [6.45, 7) is 6.80. The number of rotatable bonds is 25. The molecule has 0 aliphatic heterocycles. The zero-order valence-corrected chi connectivity index (χ0v) is 28.7. The van der Waals surface area contributed by atoms with Crippen molar-refractivity contribution in [2.24, 2.45) is 0 Å². The van der Waals surface area contributed by atoms with E-state index in [0.717, 1.165) is 42.8 Å². The van der Waals surface area contributed by atoms with Gasteiger partial charge in [0.15, 0.2) is 5.78 Å². The van der Waals surface area contributed by atoms with Gasteiger partial charge < -0.3 is 9.47 Å². The van der Waals surface area contributed by atoms with Gasteiger partial charge in [-0.05, 0) is 61.2 Å². The summed E-state index contributed by atoms with van der Waals surface area (Å²) in [4.78, 5) is 24.4. The maximum atomic E-state index is 12.2. The zero-order chi connectivity index (χ0) is 33.4. The highest BCUT2D eigenvalue weighted by Crippen LogP contribution is 2.19. The largest absolute Gasteiger partial charge is 0.494 e. The number of allylic oxidation sites excluding steroid dienone is 2. The second-order valence-electron chi connectivity index (χ2n) is 12.7. The number of unbranched alkanes of at least 4 members (excludes halogenated alkanes) is 15. The third kappa shape index (κ3) is 17.0. The van der Waals surface area contributed by atoms with Gasteiger partial charge in [0, 0.05) is 12.0 Å². The minimum absolute atomic E-state index is 0.0370. The van der Waals surface area contributed by atoms with E-state index in [0.29, 0.717) is 17.7 Å². The van der Waals surface area contributed by atoms with Crippen LogP contribution in [0.15, 0.2) is 91.5 Å². The minimum atomic E-state index is -0.182. The predicted molar refractivity (Wildman–Crippen MR) is 197 cm³/mol. The molecule has 0 bridgehead atoms. The van der Waals surface area contributed by atoms with Crippen LogP contribution in [0.1, 0.15) is 138 Å². The van der Waals surface area contributed by atoms with Crippen molar-refractivity contribution in [1.82, 2.24) is 0 Å². The fraction of sp³-hybridized carbons (Fsp3) is 0.442. The molecule has 4 nitrogen and oxygen atoms in total. The number of benzene rings is 3. The van der Waals surface area contributed by atoms with Crippen LogP contribution in [-0.2, 0) is 4.79 Å². The first-order chi connectivity index (χ1) is 23.0. The van der Waals surface area contributed by atoms with Crippen LogP contribution in [0.2, 0.25) is 0 Å². The van der Waals surface area contributed by atoms with Gasteiger partial charge in [0.25, 0.3) is 0 Å². The lowest BCUT2D eigenvalue weighted by molar-refractivity contribution is -0.134. The topological polar surface area (TPSA) is 52.6 Å². The molecular formula is C43H56O4. The summed E-state index contributed by atoms with van der Waals surface area (Å²) >= 11 is 0. The first-order valence-corrected chi connectivity index (χ1v) is 18.0. The number of carbonyl (C=O) groups is 2.